The smallest absolute Gasteiger partial charge is 0.200 e. The lowest BCUT2D eigenvalue weighted by atomic mass is 10.1. The summed E-state index contributed by atoms with van der Waals surface area (Å²) in [5.74, 6) is 0. The SMILES string of the molecule is CC(CO)N(C)Cc1ccc2oc3cc(Cl)ccc3c(=O)c2c1. The number of aliphatic hydroxyl groups excluding tert-OH is 1. The molecule has 1 unspecified atom stereocenters. The first-order valence-electron chi connectivity index (χ1n) is 7.45. The summed E-state index contributed by atoms with van der Waals surface area (Å²) in [6.45, 7) is 2.69. The maximum absolute atomic E-state index is 12.7. The van der Waals surface area contributed by atoms with Crippen LogP contribution in [0.1, 0.15) is 12.5 Å². The van der Waals surface area contributed by atoms with Crippen LogP contribution in [0.4, 0.5) is 0 Å². The molecule has 0 saturated carbocycles. The third-order valence-electron chi connectivity index (χ3n) is 4.15. The Morgan fingerprint density at radius 2 is 1.96 bits per heavy atom. The minimum Gasteiger partial charge on any atom is -0.456 e. The molecular formula is C18H18ClNO3. The molecule has 0 aliphatic rings. The van der Waals surface area contributed by atoms with Crippen LogP contribution in [0.3, 0.4) is 0 Å². The maximum atomic E-state index is 12.7. The summed E-state index contributed by atoms with van der Waals surface area (Å²) in [6.07, 6.45) is 0. The molecule has 0 amide bonds. The third-order valence-corrected chi connectivity index (χ3v) is 4.38. The standard InChI is InChI=1S/C18H18ClNO3/c1-11(10-21)20(2)9-12-3-6-16-15(7-12)18(22)14-5-4-13(19)8-17(14)23-16/h3-8,11,21H,9-10H2,1-2H3. The van der Waals surface area contributed by atoms with E-state index in [2.05, 4.69) is 0 Å². The molecule has 0 spiro atoms. The van der Waals surface area contributed by atoms with E-state index in [4.69, 9.17) is 16.0 Å². The number of fused-ring (bicyclic) bond motifs is 2. The van der Waals surface area contributed by atoms with Crippen LogP contribution in [0.2, 0.25) is 5.02 Å². The highest BCUT2D eigenvalue weighted by Gasteiger charge is 2.12. The molecular weight excluding hydrogens is 314 g/mol. The number of rotatable bonds is 4. The average Bonchev–Trinajstić information content (AvgIpc) is 2.54. The maximum Gasteiger partial charge on any atom is 0.200 e. The van der Waals surface area contributed by atoms with Crippen LogP contribution in [0, 0.1) is 0 Å². The highest BCUT2D eigenvalue weighted by Crippen LogP contribution is 2.23. The Balaban J connectivity index is 2.09. The van der Waals surface area contributed by atoms with Crippen LogP contribution in [0.25, 0.3) is 21.9 Å². The van der Waals surface area contributed by atoms with Crippen molar-refractivity contribution in [1.82, 2.24) is 4.90 Å². The van der Waals surface area contributed by atoms with E-state index in [0.29, 0.717) is 33.5 Å². The van der Waals surface area contributed by atoms with Crippen molar-refractivity contribution >= 4 is 33.5 Å². The molecule has 0 bridgehead atoms. The summed E-state index contributed by atoms with van der Waals surface area (Å²) in [5, 5.41) is 10.8. The van der Waals surface area contributed by atoms with Gasteiger partial charge in [0.05, 0.1) is 17.4 Å². The summed E-state index contributed by atoms with van der Waals surface area (Å²) < 4.78 is 5.80. The summed E-state index contributed by atoms with van der Waals surface area (Å²) >= 11 is 5.96. The van der Waals surface area contributed by atoms with Gasteiger partial charge in [-0.1, -0.05) is 17.7 Å². The molecule has 0 saturated heterocycles. The van der Waals surface area contributed by atoms with Crippen molar-refractivity contribution in [2.45, 2.75) is 19.5 Å². The van der Waals surface area contributed by atoms with E-state index in [1.54, 1.807) is 18.2 Å². The summed E-state index contributed by atoms with van der Waals surface area (Å²) in [6, 6.07) is 10.7. The van der Waals surface area contributed by atoms with Crippen molar-refractivity contribution in [3.63, 3.8) is 0 Å². The van der Waals surface area contributed by atoms with Gasteiger partial charge in [0, 0.05) is 23.7 Å². The number of benzene rings is 2. The zero-order valence-corrected chi connectivity index (χ0v) is 13.8. The molecule has 1 aromatic heterocycles. The Bertz CT molecular complexity index is 919. The van der Waals surface area contributed by atoms with Gasteiger partial charge in [-0.15, -0.1) is 0 Å². The number of likely N-dealkylation sites (N-methyl/N-ethyl adjacent to an activating group) is 1. The summed E-state index contributed by atoms with van der Waals surface area (Å²) in [5.41, 5.74) is 1.98. The number of hydrogen-bond donors (Lipinski definition) is 1. The van der Waals surface area contributed by atoms with Crippen molar-refractivity contribution in [2.75, 3.05) is 13.7 Å². The number of nitrogens with zero attached hydrogens (tertiary/aromatic N) is 1. The predicted molar refractivity (Wildman–Crippen MR) is 93.0 cm³/mol. The van der Waals surface area contributed by atoms with E-state index in [0.717, 1.165) is 5.56 Å². The fourth-order valence-corrected chi connectivity index (χ4v) is 2.72. The van der Waals surface area contributed by atoms with Crippen molar-refractivity contribution < 1.29 is 9.52 Å². The normalized spacial score (nSPS) is 13.1. The molecule has 1 heterocycles. The Labute approximate surface area is 138 Å². The second-order valence-electron chi connectivity index (χ2n) is 5.85. The summed E-state index contributed by atoms with van der Waals surface area (Å²) in [4.78, 5) is 14.7. The zero-order valence-electron chi connectivity index (χ0n) is 13.0. The van der Waals surface area contributed by atoms with E-state index < -0.39 is 0 Å². The molecule has 0 radical (unpaired) electrons. The highest BCUT2D eigenvalue weighted by atomic mass is 35.5. The molecule has 3 rings (SSSR count). The van der Waals surface area contributed by atoms with Gasteiger partial charge in [0.2, 0.25) is 5.43 Å². The van der Waals surface area contributed by atoms with Gasteiger partial charge in [-0.25, -0.2) is 0 Å². The topological polar surface area (TPSA) is 53.7 Å². The second kappa shape index (κ2) is 6.32. The van der Waals surface area contributed by atoms with Crippen LogP contribution < -0.4 is 5.43 Å². The minimum atomic E-state index is -0.0578. The van der Waals surface area contributed by atoms with E-state index in [9.17, 15) is 9.90 Å². The lowest BCUT2D eigenvalue weighted by molar-refractivity contribution is 0.154. The van der Waals surface area contributed by atoms with E-state index in [1.165, 1.54) is 0 Å². The van der Waals surface area contributed by atoms with Crippen LogP contribution >= 0.6 is 11.6 Å². The number of hydrogen-bond acceptors (Lipinski definition) is 4. The molecule has 1 N–H and O–H groups in total. The lowest BCUT2D eigenvalue weighted by Crippen LogP contribution is -2.31. The van der Waals surface area contributed by atoms with Gasteiger partial charge in [-0.3, -0.25) is 9.69 Å². The predicted octanol–water partition coefficient (Wildman–Crippen LogP) is 3.41. The van der Waals surface area contributed by atoms with Gasteiger partial charge in [0.1, 0.15) is 11.2 Å². The monoisotopic (exact) mass is 331 g/mol. The van der Waals surface area contributed by atoms with Crippen molar-refractivity contribution in [3.8, 4) is 0 Å². The number of halogens is 1. The molecule has 23 heavy (non-hydrogen) atoms. The average molecular weight is 332 g/mol. The van der Waals surface area contributed by atoms with Crippen molar-refractivity contribution in [2.24, 2.45) is 0 Å². The Morgan fingerprint density at radius 1 is 1.17 bits per heavy atom. The second-order valence-corrected chi connectivity index (χ2v) is 6.29. The minimum absolute atomic E-state index is 0.0563. The lowest BCUT2D eigenvalue weighted by Gasteiger charge is -2.22. The van der Waals surface area contributed by atoms with Crippen molar-refractivity contribution in [3.05, 3.63) is 57.2 Å². The van der Waals surface area contributed by atoms with E-state index in [1.807, 2.05) is 37.1 Å². The quantitative estimate of drug-likeness (QED) is 0.744. The first-order valence-corrected chi connectivity index (χ1v) is 7.83. The van der Waals surface area contributed by atoms with Gasteiger partial charge in [0.25, 0.3) is 0 Å². The van der Waals surface area contributed by atoms with Gasteiger partial charge < -0.3 is 9.52 Å². The Hall–Kier alpha value is -1.88. The molecule has 120 valence electrons. The first-order chi connectivity index (χ1) is 11.0. The molecule has 0 aliphatic carbocycles. The fourth-order valence-electron chi connectivity index (χ4n) is 2.56. The largest absolute Gasteiger partial charge is 0.456 e. The summed E-state index contributed by atoms with van der Waals surface area (Å²) in [7, 11) is 1.94. The van der Waals surface area contributed by atoms with Crippen LogP contribution in [-0.4, -0.2) is 29.7 Å². The highest BCUT2D eigenvalue weighted by molar-refractivity contribution is 6.31. The van der Waals surface area contributed by atoms with Crippen LogP contribution in [0.5, 0.6) is 0 Å². The molecule has 0 fully saturated rings. The fraction of sp³-hybridized carbons (Fsp3) is 0.278. The Morgan fingerprint density at radius 3 is 2.70 bits per heavy atom. The van der Waals surface area contributed by atoms with E-state index in [-0.39, 0.29) is 18.1 Å². The first kappa shape index (κ1) is 16.0. The van der Waals surface area contributed by atoms with Gasteiger partial charge in [0.15, 0.2) is 0 Å². The van der Waals surface area contributed by atoms with Gasteiger partial charge in [-0.2, -0.15) is 0 Å². The molecule has 3 aromatic rings. The van der Waals surface area contributed by atoms with Crippen LogP contribution in [-0.2, 0) is 6.54 Å². The van der Waals surface area contributed by atoms with Gasteiger partial charge >= 0.3 is 0 Å². The van der Waals surface area contributed by atoms with E-state index >= 15 is 0 Å². The molecule has 5 heteroatoms. The van der Waals surface area contributed by atoms with Crippen molar-refractivity contribution in [1.29, 1.82) is 0 Å². The molecule has 0 aliphatic heterocycles. The Kier molecular flexibility index (Phi) is 4.39. The van der Waals surface area contributed by atoms with Crippen LogP contribution in [0.15, 0.2) is 45.6 Å². The zero-order chi connectivity index (χ0) is 16.6. The molecule has 2 aromatic carbocycles. The molecule has 1 atom stereocenters. The molecule has 4 nitrogen and oxygen atoms in total. The number of aliphatic hydroxyl groups is 1. The van der Waals surface area contributed by atoms with Gasteiger partial charge in [-0.05, 0) is 43.8 Å². The third kappa shape index (κ3) is 3.11.